The van der Waals surface area contributed by atoms with Crippen molar-refractivity contribution in [3.05, 3.63) is 48.0 Å². The van der Waals surface area contributed by atoms with Gasteiger partial charge in [-0.05, 0) is 33.3 Å². The summed E-state index contributed by atoms with van der Waals surface area (Å²) in [5.41, 5.74) is 0.565. The van der Waals surface area contributed by atoms with Crippen LogP contribution in [-0.2, 0) is 25.7 Å². The fourth-order valence-corrected chi connectivity index (χ4v) is 1.67. The van der Waals surface area contributed by atoms with Gasteiger partial charge in [0, 0.05) is 5.57 Å². The molecule has 0 saturated heterocycles. The largest absolute Gasteiger partial charge is 0.463 e. The average molecular weight is 319 g/mol. The van der Waals surface area contributed by atoms with Gasteiger partial charge in [-0.15, -0.1) is 5.06 Å². The maximum atomic E-state index is 12.1. The minimum atomic E-state index is -0.639. The van der Waals surface area contributed by atoms with Gasteiger partial charge < -0.3 is 9.57 Å². The zero-order chi connectivity index (χ0) is 17.5. The van der Waals surface area contributed by atoms with Crippen LogP contribution in [0.15, 0.2) is 42.5 Å². The van der Waals surface area contributed by atoms with E-state index in [9.17, 15) is 9.59 Å². The molecule has 0 amide bonds. The lowest BCUT2D eigenvalue weighted by Crippen LogP contribution is -2.35. The number of ether oxygens (including phenoxy) is 1. The highest BCUT2D eigenvalue weighted by atomic mass is 16.7. The molecule has 0 aliphatic heterocycles. The smallest absolute Gasteiger partial charge is 0.334 e. The van der Waals surface area contributed by atoms with Gasteiger partial charge in [0.25, 0.3) is 0 Å². The molecule has 0 aromatic heterocycles. The fourth-order valence-electron chi connectivity index (χ4n) is 1.67. The monoisotopic (exact) mass is 319 g/mol. The van der Waals surface area contributed by atoms with Gasteiger partial charge in [-0.3, -0.25) is 0 Å². The molecule has 0 radical (unpaired) electrons. The Balaban J connectivity index is 2.81. The van der Waals surface area contributed by atoms with E-state index in [0.29, 0.717) is 6.54 Å². The molecule has 0 atom stereocenters. The number of hydrogen-bond donors (Lipinski definition) is 0. The topological polar surface area (TPSA) is 55.8 Å². The van der Waals surface area contributed by atoms with Crippen LogP contribution < -0.4 is 0 Å². The normalized spacial score (nSPS) is 11.2. The second kappa shape index (κ2) is 8.48. The number of rotatable bonds is 7. The second-order valence-electron chi connectivity index (χ2n) is 6.24. The Hall–Kier alpha value is -2.14. The molecule has 0 aliphatic rings. The van der Waals surface area contributed by atoms with E-state index >= 15 is 0 Å². The minimum absolute atomic E-state index is 0.0928. The van der Waals surface area contributed by atoms with Crippen molar-refractivity contribution in [2.75, 3.05) is 13.2 Å². The lowest BCUT2D eigenvalue weighted by Gasteiger charge is -2.25. The fraction of sp³-hybridized carbons (Fsp3) is 0.444. The Kier molecular flexibility index (Phi) is 6.97. The molecule has 1 aromatic rings. The standard InChI is InChI=1S/C18H25NO4/c1-6-22-16(20)14(2)12-19(23-17(21)18(3,4)5)13-15-10-8-7-9-11-15/h7-11H,2,6,12-13H2,1,3-5H3. The van der Waals surface area contributed by atoms with Gasteiger partial charge in [0.2, 0.25) is 0 Å². The maximum Gasteiger partial charge on any atom is 0.334 e. The summed E-state index contributed by atoms with van der Waals surface area (Å²) < 4.78 is 4.92. The SMILES string of the molecule is C=C(CN(Cc1ccccc1)OC(=O)C(C)(C)C)C(=O)OCC. The molecule has 0 aliphatic carbocycles. The molecule has 0 unspecified atom stereocenters. The van der Waals surface area contributed by atoms with Crippen molar-refractivity contribution in [3.8, 4) is 0 Å². The van der Waals surface area contributed by atoms with Gasteiger partial charge >= 0.3 is 11.9 Å². The van der Waals surface area contributed by atoms with E-state index in [1.165, 1.54) is 5.06 Å². The number of hydroxylamine groups is 2. The molecular formula is C18H25NO4. The Bertz CT molecular complexity index is 546. The van der Waals surface area contributed by atoms with Crippen LogP contribution in [0.5, 0.6) is 0 Å². The first-order valence-electron chi connectivity index (χ1n) is 7.60. The molecule has 1 rings (SSSR count). The molecule has 23 heavy (non-hydrogen) atoms. The molecule has 0 saturated carbocycles. The summed E-state index contributed by atoms with van der Waals surface area (Å²) in [6.07, 6.45) is 0. The first kappa shape index (κ1) is 18.9. The van der Waals surface area contributed by atoms with Gasteiger partial charge in [0.15, 0.2) is 0 Å². The molecule has 5 nitrogen and oxygen atoms in total. The van der Waals surface area contributed by atoms with E-state index in [-0.39, 0.29) is 24.7 Å². The highest BCUT2D eigenvalue weighted by molar-refractivity contribution is 5.88. The van der Waals surface area contributed by atoms with Crippen LogP contribution in [0.3, 0.4) is 0 Å². The van der Waals surface area contributed by atoms with Crippen LogP contribution in [0.1, 0.15) is 33.3 Å². The number of carbonyl (C=O) groups is 2. The highest BCUT2D eigenvalue weighted by Crippen LogP contribution is 2.18. The lowest BCUT2D eigenvalue weighted by atomic mass is 9.98. The first-order valence-corrected chi connectivity index (χ1v) is 7.60. The van der Waals surface area contributed by atoms with Gasteiger partial charge in [0.1, 0.15) is 0 Å². The molecule has 0 fully saturated rings. The van der Waals surface area contributed by atoms with Crippen LogP contribution in [-0.4, -0.2) is 30.2 Å². The van der Waals surface area contributed by atoms with Crippen LogP contribution >= 0.6 is 0 Å². The van der Waals surface area contributed by atoms with Crippen molar-refractivity contribution in [1.29, 1.82) is 0 Å². The molecule has 0 N–H and O–H groups in total. The predicted octanol–water partition coefficient (Wildman–Crippen LogP) is 3.11. The molecule has 0 bridgehead atoms. The van der Waals surface area contributed by atoms with Crippen LogP contribution in [0, 0.1) is 5.41 Å². The van der Waals surface area contributed by atoms with E-state index in [1.807, 2.05) is 30.3 Å². The summed E-state index contributed by atoms with van der Waals surface area (Å²) in [4.78, 5) is 29.3. The third-order valence-corrected chi connectivity index (χ3v) is 2.96. The average Bonchev–Trinajstić information content (AvgIpc) is 2.47. The second-order valence-corrected chi connectivity index (χ2v) is 6.24. The molecule has 1 aromatic carbocycles. The quantitative estimate of drug-likeness (QED) is 0.439. The maximum absolute atomic E-state index is 12.1. The Labute approximate surface area is 137 Å². The number of hydrogen-bond acceptors (Lipinski definition) is 5. The van der Waals surface area contributed by atoms with Gasteiger partial charge in [0.05, 0.1) is 25.1 Å². The zero-order valence-electron chi connectivity index (χ0n) is 14.3. The van der Waals surface area contributed by atoms with Crippen molar-refractivity contribution >= 4 is 11.9 Å². The Morgan fingerprint density at radius 2 is 1.78 bits per heavy atom. The highest BCUT2D eigenvalue weighted by Gasteiger charge is 2.27. The van der Waals surface area contributed by atoms with Crippen LogP contribution in [0.2, 0.25) is 0 Å². The van der Waals surface area contributed by atoms with Crippen molar-refractivity contribution < 1.29 is 19.2 Å². The number of benzene rings is 1. The lowest BCUT2D eigenvalue weighted by molar-refractivity contribution is -0.201. The summed E-state index contributed by atoms with van der Waals surface area (Å²) in [6.45, 7) is 11.5. The molecule has 0 heterocycles. The minimum Gasteiger partial charge on any atom is -0.463 e. The summed E-state index contributed by atoms with van der Waals surface area (Å²) in [5, 5.41) is 1.43. The summed E-state index contributed by atoms with van der Waals surface area (Å²) in [7, 11) is 0. The molecular weight excluding hydrogens is 294 g/mol. The molecule has 0 spiro atoms. The van der Waals surface area contributed by atoms with E-state index in [1.54, 1.807) is 27.7 Å². The van der Waals surface area contributed by atoms with E-state index in [0.717, 1.165) is 5.56 Å². The Morgan fingerprint density at radius 3 is 2.30 bits per heavy atom. The Morgan fingerprint density at radius 1 is 1.17 bits per heavy atom. The van der Waals surface area contributed by atoms with Gasteiger partial charge in [-0.2, -0.15) is 0 Å². The van der Waals surface area contributed by atoms with Gasteiger partial charge in [-0.1, -0.05) is 36.9 Å². The van der Waals surface area contributed by atoms with E-state index in [4.69, 9.17) is 9.57 Å². The van der Waals surface area contributed by atoms with Crippen molar-refractivity contribution in [1.82, 2.24) is 5.06 Å². The van der Waals surface area contributed by atoms with E-state index in [2.05, 4.69) is 6.58 Å². The summed E-state index contributed by atoms with van der Waals surface area (Å²) in [5.74, 6) is -0.859. The number of esters is 1. The third kappa shape index (κ3) is 6.65. The number of carbonyl (C=O) groups excluding carboxylic acids is 2. The van der Waals surface area contributed by atoms with Crippen molar-refractivity contribution in [2.24, 2.45) is 5.41 Å². The predicted molar refractivity (Wildman–Crippen MR) is 88.2 cm³/mol. The number of nitrogens with zero attached hydrogens (tertiary/aromatic N) is 1. The van der Waals surface area contributed by atoms with Crippen molar-refractivity contribution in [2.45, 2.75) is 34.2 Å². The van der Waals surface area contributed by atoms with Crippen molar-refractivity contribution in [3.63, 3.8) is 0 Å². The van der Waals surface area contributed by atoms with Gasteiger partial charge in [-0.25, -0.2) is 9.59 Å². The van der Waals surface area contributed by atoms with Crippen LogP contribution in [0.4, 0.5) is 0 Å². The summed E-state index contributed by atoms with van der Waals surface area (Å²) >= 11 is 0. The van der Waals surface area contributed by atoms with Crippen LogP contribution in [0.25, 0.3) is 0 Å². The third-order valence-electron chi connectivity index (χ3n) is 2.96. The zero-order valence-corrected chi connectivity index (χ0v) is 14.3. The first-order chi connectivity index (χ1) is 10.7. The summed E-state index contributed by atoms with van der Waals surface area (Å²) in [6, 6.07) is 9.56. The van der Waals surface area contributed by atoms with E-state index < -0.39 is 11.4 Å². The molecule has 126 valence electrons. The molecule has 5 heteroatoms.